The molecule has 2 N–H and O–H groups in total. The number of hydrogen-bond donors (Lipinski definition) is 2. The van der Waals surface area contributed by atoms with Gasteiger partial charge in [0.15, 0.2) is 29.1 Å². The van der Waals surface area contributed by atoms with Crippen molar-refractivity contribution in [2.75, 3.05) is 20.7 Å². The maximum atomic E-state index is 17.5. The van der Waals surface area contributed by atoms with Crippen LogP contribution >= 0.6 is 11.3 Å². The molecule has 0 bridgehead atoms. The van der Waals surface area contributed by atoms with Crippen molar-refractivity contribution in [3.63, 3.8) is 0 Å². The Bertz CT molecular complexity index is 1850. The van der Waals surface area contributed by atoms with Crippen LogP contribution in [0.15, 0.2) is 36.5 Å². The van der Waals surface area contributed by atoms with Gasteiger partial charge in [-0.25, -0.2) is 9.18 Å². The van der Waals surface area contributed by atoms with Gasteiger partial charge in [0.05, 0.1) is 39.3 Å². The van der Waals surface area contributed by atoms with Crippen molar-refractivity contribution in [3.8, 4) is 22.4 Å². The Balaban J connectivity index is 1.58. The van der Waals surface area contributed by atoms with E-state index in [0.717, 1.165) is 22.4 Å². The van der Waals surface area contributed by atoms with E-state index in [2.05, 4.69) is 22.1 Å². The van der Waals surface area contributed by atoms with Gasteiger partial charge < -0.3 is 39.0 Å². The summed E-state index contributed by atoms with van der Waals surface area (Å²) < 4.78 is 48.2. The number of halogens is 1. The smallest absolute Gasteiger partial charge is 0.408 e. The summed E-state index contributed by atoms with van der Waals surface area (Å²) in [6.45, 7) is 11.9. The molecule has 3 fully saturated rings. The monoisotopic (exact) mass is 813 g/mol. The number of carbonyl (C=O) groups excluding carboxylic acids is 4. The Morgan fingerprint density at radius 2 is 1.79 bits per heavy atom. The second kappa shape index (κ2) is 17.6. The summed E-state index contributed by atoms with van der Waals surface area (Å²) in [5, 5.41) is 14.2. The zero-order chi connectivity index (χ0) is 42.0. The average Bonchev–Trinajstić information content (AvgIpc) is 3.77. The molecule has 57 heavy (non-hydrogen) atoms. The summed E-state index contributed by atoms with van der Waals surface area (Å²) in [7, 11) is 3.63. The second-order valence-corrected chi connectivity index (χ2v) is 17.5. The first-order valence-corrected chi connectivity index (χ1v) is 20.3. The zero-order valence-electron chi connectivity index (χ0n) is 34.4. The lowest BCUT2D eigenvalue weighted by Crippen LogP contribution is -2.62. The van der Waals surface area contributed by atoms with Crippen molar-refractivity contribution >= 4 is 35.0 Å². The molecule has 2 aromatic rings. The molecule has 1 amide bonds. The minimum atomic E-state index is -2.65. The Morgan fingerprint density at radius 1 is 1.07 bits per heavy atom. The predicted octanol–water partition coefficient (Wildman–Crippen LogP) is 5.12. The number of thiophene rings is 1. The number of fused-ring (bicyclic) bond motifs is 1. The van der Waals surface area contributed by atoms with Crippen LogP contribution in [0.2, 0.25) is 0 Å². The van der Waals surface area contributed by atoms with Crippen LogP contribution < -0.4 is 5.32 Å². The summed E-state index contributed by atoms with van der Waals surface area (Å²) in [6.07, 6.45) is -4.49. The summed E-state index contributed by atoms with van der Waals surface area (Å²) in [6, 6.07) is 7.88. The van der Waals surface area contributed by atoms with E-state index in [1.807, 2.05) is 56.3 Å². The molecule has 0 saturated carbocycles. The van der Waals surface area contributed by atoms with E-state index in [1.54, 1.807) is 13.1 Å². The van der Waals surface area contributed by atoms with Crippen molar-refractivity contribution in [1.29, 1.82) is 0 Å². The van der Waals surface area contributed by atoms with Gasteiger partial charge in [-0.05, 0) is 85.8 Å². The fourth-order valence-corrected chi connectivity index (χ4v) is 9.39. The average molecular weight is 814 g/mol. The number of carbonyl (C=O) groups is 4. The SMILES string of the molecule is CC[C@H]1OC(=O)[C@H](C)C(=O)[C@H](C)[C@@H](O[C@@H]2O[C@H](C)C[C@H](N(C)C)[C@H]2O)[C@](C)(OCC#Cc2ccc(-c3ccccn3)s2)C[C@](C)(F)C(=O)[C@H](C)[C@@H]2NC(=O)O[C@]12C. The number of aliphatic hydroxyl groups is 1. The van der Waals surface area contributed by atoms with Crippen LogP contribution in [0, 0.1) is 29.6 Å². The number of esters is 1. The lowest BCUT2D eigenvalue weighted by atomic mass is 9.72. The van der Waals surface area contributed by atoms with Gasteiger partial charge in [-0.1, -0.05) is 38.7 Å². The number of rotatable bonds is 7. The fourth-order valence-electron chi connectivity index (χ4n) is 8.53. The van der Waals surface area contributed by atoms with E-state index in [9.17, 15) is 24.3 Å². The van der Waals surface area contributed by atoms with Crippen molar-refractivity contribution in [2.24, 2.45) is 17.8 Å². The fraction of sp³-hybridized carbons (Fsp3) is 0.643. The van der Waals surface area contributed by atoms with E-state index in [0.29, 0.717) is 6.42 Å². The van der Waals surface area contributed by atoms with Gasteiger partial charge in [-0.3, -0.25) is 19.4 Å². The van der Waals surface area contributed by atoms with Crippen LogP contribution in [0.4, 0.5) is 9.18 Å². The van der Waals surface area contributed by atoms with Crippen LogP contribution in [-0.2, 0) is 38.1 Å². The first-order valence-electron chi connectivity index (χ1n) is 19.5. The first-order chi connectivity index (χ1) is 26.7. The van der Waals surface area contributed by atoms with Gasteiger partial charge in [0, 0.05) is 30.5 Å². The molecule has 13 atom stereocenters. The van der Waals surface area contributed by atoms with E-state index in [-0.39, 0.29) is 19.1 Å². The van der Waals surface area contributed by atoms with Crippen LogP contribution in [0.5, 0.6) is 0 Å². The lowest BCUT2D eigenvalue weighted by Gasteiger charge is -2.47. The molecule has 5 rings (SSSR count). The van der Waals surface area contributed by atoms with Crippen LogP contribution in [0.25, 0.3) is 10.6 Å². The number of alkyl carbamates (subject to hydrolysis) is 1. The van der Waals surface area contributed by atoms with Crippen molar-refractivity contribution in [1.82, 2.24) is 15.2 Å². The standard InChI is InChI=1S/C42H56FN3O10S/c1-11-31-42(8)34(45-39(51)56-42)26(5)35(49)40(6,43)22-41(7,52-20-14-15-27-17-18-30(57-27)28-16-12-13-19-44-28)36(24(3)32(47)25(4)37(50)54-31)55-38-33(48)29(46(9)10)21-23(2)53-38/h12-13,16-19,23-26,29,31,33-34,36,38,48H,11,20-22H2,1-10H3,(H,45,51)/t23-,24+,25-,26-,29+,31-,33-,34+,36-,38+,40+,41-,42-/m1/s1. The second-order valence-electron chi connectivity index (χ2n) is 16.4. The van der Waals surface area contributed by atoms with Crippen molar-refractivity contribution in [2.45, 2.75) is 134 Å². The topological polar surface area (TPSA) is 163 Å². The van der Waals surface area contributed by atoms with Gasteiger partial charge in [-0.2, -0.15) is 0 Å². The number of ketones is 2. The number of aliphatic hydroxyl groups excluding tert-OH is 1. The van der Waals surface area contributed by atoms with E-state index >= 15 is 4.39 Å². The third-order valence-electron chi connectivity index (χ3n) is 11.6. The molecule has 0 radical (unpaired) electrons. The number of alkyl halides is 1. The molecule has 3 saturated heterocycles. The summed E-state index contributed by atoms with van der Waals surface area (Å²) in [5.74, 6) is -0.0442. The number of likely N-dealkylation sites (N-methyl/N-ethyl adjacent to an activating group) is 1. The number of nitrogens with one attached hydrogen (secondary N) is 1. The summed E-state index contributed by atoms with van der Waals surface area (Å²) in [4.78, 5) is 63.2. The molecule has 0 unspecified atom stereocenters. The minimum absolute atomic E-state index is 0.161. The highest BCUT2D eigenvalue weighted by atomic mass is 32.1. The normalized spacial score (nSPS) is 38.0. The molecule has 0 aliphatic carbocycles. The minimum Gasteiger partial charge on any atom is -0.458 e. The number of Topliss-reactive ketones (excluding diaryl/α,β-unsaturated/α-hetero) is 2. The molecule has 3 aliphatic rings. The Labute approximate surface area is 338 Å². The van der Waals surface area contributed by atoms with Gasteiger partial charge in [0.2, 0.25) is 0 Å². The third kappa shape index (κ3) is 9.42. The predicted molar refractivity (Wildman–Crippen MR) is 210 cm³/mol. The van der Waals surface area contributed by atoms with Crippen LogP contribution in [-0.4, -0.2) is 119 Å². The maximum Gasteiger partial charge on any atom is 0.408 e. The molecule has 0 aromatic carbocycles. The number of ether oxygens (including phenoxy) is 5. The zero-order valence-corrected chi connectivity index (χ0v) is 35.2. The van der Waals surface area contributed by atoms with Gasteiger partial charge in [0.25, 0.3) is 0 Å². The number of nitrogens with zero attached hydrogens (tertiary/aromatic N) is 2. The number of cyclic esters (lactones) is 1. The highest BCUT2D eigenvalue weighted by Gasteiger charge is 2.59. The van der Waals surface area contributed by atoms with Gasteiger partial charge in [-0.15, -0.1) is 11.3 Å². The number of hydrogen-bond acceptors (Lipinski definition) is 13. The molecule has 3 aliphatic heterocycles. The number of amides is 1. The molecule has 5 heterocycles. The highest BCUT2D eigenvalue weighted by molar-refractivity contribution is 7.16. The molecule has 0 spiro atoms. The molecular weight excluding hydrogens is 758 g/mol. The van der Waals surface area contributed by atoms with Gasteiger partial charge >= 0.3 is 12.1 Å². The Morgan fingerprint density at radius 3 is 2.44 bits per heavy atom. The molecule has 312 valence electrons. The van der Waals surface area contributed by atoms with Crippen LogP contribution in [0.3, 0.4) is 0 Å². The van der Waals surface area contributed by atoms with Crippen molar-refractivity contribution in [3.05, 3.63) is 41.4 Å². The van der Waals surface area contributed by atoms with Gasteiger partial charge in [0.1, 0.15) is 24.7 Å². The summed E-state index contributed by atoms with van der Waals surface area (Å²) >= 11 is 1.43. The largest absolute Gasteiger partial charge is 0.458 e. The van der Waals surface area contributed by atoms with Crippen LogP contribution in [0.1, 0.15) is 79.5 Å². The Kier molecular flexibility index (Phi) is 13.7. The maximum absolute atomic E-state index is 17.5. The molecule has 13 nitrogen and oxygen atoms in total. The van der Waals surface area contributed by atoms with E-state index < -0.39 is 101 Å². The first kappa shape index (κ1) is 44.3. The third-order valence-corrected chi connectivity index (χ3v) is 12.7. The number of aromatic nitrogens is 1. The highest BCUT2D eigenvalue weighted by Crippen LogP contribution is 2.42. The molecular formula is C42H56FN3O10S. The Hall–Kier alpha value is -3.78. The quantitative estimate of drug-likeness (QED) is 0.216. The lowest BCUT2D eigenvalue weighted by molar-refractivity contribution is -0.297. The van der Waals surface area contributed by atoms with E-state index in [4.69, 9.17) is 23.7 Å². The van der Waals surface area contributed by atoms with E-state index in [1.165, 1.54) is 46.0 Å². The number of pyridine rings is 1. The van der Waals surface area contributed by atoms with Crippen molar-refractivity contribution < 1.29 is 52.4 Å². The summed E-state index contributed by atoms with van der Waals surface area (Å²) in [5.41, 5.74) is -5.24. The molecule has 15 heteroatoms. The molecule has 2 aromatic heterocycles.